The summed E-state index contributed by atoms with van der Waals surface area (Å²) in [4.78, 5) is 37.7. The first kappa shape index (κ1) is 73.5. The number of allylic oxidation sites excluding steroid dienone is 11. The van der Waals surface area contributed by atoms with Gasteiger partial charge in [-0.1, -0.05) is 267 Å². The molecule has 0 aromatic rings. The van der Waals surface area contributed by atoms with Crippen LogP contribution in [0.3, 0.4) is 0 Å². The van der Waals surface area contributed by atoms with E-state index in [1.165, 1.54) is 141 Å². The van der Waals surface area contributed by atoms with Crippen molar-refractivity contribution in [2.45, 2.75) is 296 Å². The van der Waals surface area contributed by atoms with Crippen LogP contribution in [0.15, 0.2) is 72.9 Å². The van der Waals surface area contributed by atoms with Gasteiger partial charge in [-0.3, -0.25) is 18.6 Å². The molecule has 0 aliphatic heterocycles. The van der Waals surface area contributed by atoms with Crippen LogP contribution in [-0.4, -0.2) is 74.3 Å². The lowest BCUT2D eigenvalue weighted by Gasteiger charge is -2.27. The second-order valence-electron chi connectivity index (χ2n) is 22.6. The van der Waals surface area contributed by atoms with E-state index in [0.717, 1.165) is 109 Å². The van der Waals surface area contributed by atoms with Crippen molar-refractivity contribution in [3.63, 3.8) is 0 Å². The number of amides is 1. The zero-order valence-corrected chi connectivity index (χ0v) is 51.4. The van der Waals surface area contributed by atoms with Crippen LogP contribution < -0.4 is 5.32 Å². The summed E-state index contributed by atoms with van der Waals surface area (Å²) < 4.78 is 30.7. The Labute approximate surface area is 470 Å². The van der Waals surface area contributed by atoms with Crippen molar-refractivity contribution < 1.29 is 37.3 Å². The van der Waals surface area contributed by atoms with Gasteiger partial charge >= 0.3 is 13.8 Å². The fourth-order valence-electron chi connectivity index (χ4n) is 9.03. The highest BCUT2D eigenvalue weighted by Gasteiger charge is 2.30. The Morgan fingerprint density at radius 3 is 1.26 bits per heavy atom. The lowest BCUT2D eigenvalue weighted by Crippen LogP contribution is -2.47. The fourth-order valence-corrected chi connectivity index (χ4v) is 9.76. The summed E-state index contributed by atoms with van der Waals surface area (Å²) in [6, 6.07) is -0.859. The number of rotatable bonds is 57. The molecule has 0 aromatic carbocycles. The van der Waals surface area contributed by atoms with Crippen molar-refractivity contribution in [2.24, 2.45) is 0 Å². The number of phosphoric acid groups is 1. The maximum absolute atomic E-state index is 13.6. The highest BCUT2D eigenvalue weighted by Crippen LogP contribution is 2.43. The molecule has 0 aromatic heterocycles. The molecule has 1 amide bonds. The molecule has 0 spiro atoms. The summed E-state index contributed by atoms with van der Waals surface area (Å²) >= 11 is 0. The second-order valence-corrected chi connectivity index (χ2v) is 24.0. The Morgan fingerprint density at radius 1 is 0.474 bits per heavy atom. The smallest absolute Gasteiger partial charge is 0.456 e. The highest BCUT2D eigenvalue weighted by molar-refractivity contribution is 7.47. The summed E-state index contributed by atoms with van der Waals surface area (Å²) in [7, 11) is 1.48. The van der Waals surface area contributed by atoms with Crippen molar-refractivity contribution >= 4 is 19.7 Å². The van der Waals surface area contributed by atoms with E-state index in [0.29, 0.717) is 17.4 Å². The molecule has 9 nitrogen and oxygen atoms in total. The molecule has 0 rings (SSSR count). The molecule has 10 heteroatoms. The fraction of sp³-hybridized carbons (Fsp3) is 0.788. The summed E-state index contributed by atoms with van der Waals surface area (Å²) in [6.07, 6.45) is 71.8. The Kier molecular flexibility index (Phi) is 53.9. The number of hydrogen-bond acceptors (Lipinski definition) is 6. The predicted molar refractivity (Wildman–Crippen MR) is 328 cm³/mol. The molecular weight excluding hydrogens is 964 g/mol. The third kappa shape index (κ3) is 56.2. The number of carbonyl (C=O) groups excluding carboxylic acids is 2. The zero-order chi connectivity index (χ0) is 55.7. The van der Waals surface area contributed by atoms with Gasteiger partial charge in [-0.15, -0.1) is 0 Å². The minimum absolute atomic E-state index is 0.0349. The van der Waals surface area contributed by atoms with Crippen molar-refractivity contribution in [2.75, 3.05) is 40.9 Å². The lowest BCUT2D eigenvalue weighted by molar-refractivity contribution is -0.870. The Balaban J connectivity index is 5.26. The van der Waals surface area contributed by atoms with Crippen molar-refractivity contribution in [1.82, 2.24) is 5.32 Å². The van der Waals surface area contributed by atoms with Crippen LogP contribution in [0.4, 0.5) is 0 Å². The summed E-state index contributed by atoms with van der Waals surface area (Å²) in [6.45, 7) is 6.90. The SMILES string of the molecule is CC/C=C\C/C=C\C/C=C\C/C=C\C/C=C\CCCCCCCC(=O)NC(COP(=O)(O)OCC[N+](C)(C)C)C(/C=C/CCCCCCCCCCCC)OC(=O)CCCCCCCCCCCCCCCCCCC. The first-order chi connectivity index (χ1) is 36.9. The molecule has 0 heterocycles. The van der Waals surface area contributed by atoms with Gasteiger partial charge in [0.1, 0.15) is 19.3 Å². The molecule has 0 aliphatic carbocycles. The predicted octanol–water partition coefficient (Wildman–Crippen LogP) is 19.6. The van der Waals surface area contributed by atoms with Crippen LogP contribution in [0.2, 0.25) is 0 Å². The molecule has 3 unspecified atom stereocenters. The number of quaternary nitrogens is 1. The van der Waals surface area contributed by atoms with Gasteiger partial charge in [0.2, 0.25) is 5.91 Å². The van der Waals surface area contributed by atoms with Crippen LogP contribution in [0.1, 0.15) is 284 Å². The molecule has 442 valence electrons. The maximum Gasteiger partial charge on any atom is 0.472 e. The number of likely N-dealkylation sites (N-methyl/N-ethyl adjacent to an activating group) is 1. The number of hydrogen-bond donors (Lipinski definition) is 2. The van der Waals surface area contributed by atoms with E-state index in [4.69, 9.17) is 13.8 Å². The quantitative estimate of drug-likeness (QED) is 0.0205. The average Bonchev–Trinajstić information content (AvgIpc) is 3.38. The molecule has 0 radical (unpaired) electrons. The number of nitrogens with zero attached hydrogens (tertiary/aromatic N) is 1. The molecular formula is C66H122N2O7P+. The molecule has 3 atom stereocenters. The Hall–Kier alpha value is -2.55. The van der Waals surface area contributed by atoms with Crippen LogP contribution >= 0.6 is 7.82 Å². The number of phosphoric ester groups is 1. The van der Waals surface area contributed by atoms with E-state index < -0.39 is 20.0 Å². The van der Waals surface area contributed by atoms with Gasteiger partial charge in [-0.25, -0.2) is 4.57 Å². The normalized spacial score (nSPS) is 14.1. The Bertz CT molecular complexity index is 1530. The van der Waals surface area contributed by atoms with Crippen molar-refractivity contribution in [1.29, 1.82) is 0 Å². The van der Waals surface area contributed by atoms with Gasteiger partial charge in [-0.2, -0.15) is 0 Å². The summed E-state index contributed by atoms with van der Waals surface area (Å²) in [5.74, 6) is -0.520. The lowest BCUT2D eigenvalue weighted by atomic mass is 10.0. The van der Waals surface area contributed by atoms with E-state index in [-0.39, 0.29) is 31.5 Å². The largest absolute Gasteiger partial charge is 0.472 e. The van der Waals surface area contributed by atoms with E-state index >= 15 is 0 Å². The zero-order valence-electron chi connectivity index (χ0n) is 50.5. The minimum atomic E-state index is -4.46. The molecule has 2 N–H and O–H groups in total. The number of esters is 1. The van der Waals surface area contributed by atoms with Crippen molar-refractivity contribution in [3.05, 3.63) is 72.9 Å². The highest BCUT2D eigenvalue weighted by atomic mass is 31.2. The summed E-state index contributed by atoms with van der Waals surface area (Å²) in [5, 5.41) is 3.05. The van der Waals surface area contributed by atoms with Crippen molar-refractivity contribution in [3.8, 4) is 0 Å². The van der Waals surface area contributed by atoms with E-state index in [1.807, 2.05) is 33.3 Å². The molecule has 0 aliphatic rings. The van der Waals surface area contributed by atoms with E-state index in [2.05, 4.69) is 86.8 Å². The topological polar surface area (TPSA) is 111 Å². The number of carbonyl (C=O) groups is 2. The summed E-state index contributed by atoms with van der Waals surface area (Å²) in [5.41, 5.74) is 0. The molecule has 0 saturated heterocycles. The van der Waals surface area contributed by atoms with Gasteiger partial charge in [0, 0.05) is 12.8 Å². The minimum Gasteiger partial charge on any atom is -0.456 e. The molecule has 0 bridgehead atoms. The molecule has 0 saturated carbocycles. The molecule has 0 fully saturated rings. The number of ether oxygens (including phenoxy) is 1. The third-order valence-electron chi connectivity index (χ3n) is 13.9. The van der Waals surface area contributed by atoms with Gasteiger partial charge in [0.05, 0.1) is 33.8 Å². The van der Waals surface area contributed by atoms with Crippen LogP contribution in [0.25, 0.3) is 0 Å². The van der Waals surface area contributed by atoms with Crippen LogP contribution in [-0.2, 0) is 27.9 Å². The third-order valence-corrected chi connectivity index (χ3v) is 14.9. The average molecular weight is 1090 g/mol. The van der Waals surface area contributed by atoms with E-state index in [9.17, 15) is 19.0 Å². The van der Waals surface area contributed by atoms with Gasteiger partial charge in [-0.05, 0) is 76.7 Å². The van der Waals surface area contributed by atoms with E-state index in [1.54, 1.807) is 0 Å². The monoisotopic (exact) mass is 1090 g/mol. The first-order valence-electron chi connectivity index (χ1n) is 31.8. The molecule has 76 heavy (non-hydrogen) atoms. The first-order valence-corrected chi connectivity index (χ1v) is 33.3. The van der Waals surface area contributed by atoms with Gasteiger partial charge < -0.3 is 19.4 Å². The Morgan fingerprint density at radius 2 is 0.842 bits per heavy atom. The van der Waals surface area contributed by atoms with Crippen LogP contribution in [0.5, 0.6) is 0 Å². The van der Waals surface area contributed by atoms with Crippen LogP contribution in [0, 0.1) is 0 Å². The number of nitrogens with one attached hydrogen (secondary N) is 1. The van der Waals surface area contributed by atoms with Gasteiger partial charge in [0.25, 0.3) is 0 Å². The van der Waals surface area contributed by atoms with Gasteiger partial charge in [0.15, 0.2) is 0 Å². The second kappa shape index (κ2) is 55.8. The maximum atomic E-state index is 13.6. The number of unbranched alkanes of at least 4 members (excludes halogenated alkanes) is 31. The standard InChI is InChI=1S/C66H121N2O7P/c1-7-10-13-16-19-22-25-28-30-32-33-34-35-37-38-40-43-46-49-52-55-58-65(69)67-63(62-74-76(71,72)73-61-60-68(4,5)6)64(57-54-51-48-45-42-27-24-21-18-15-12-9-3)75-66(70)59-56-53-50-47-44-41-39-36-31-29-26-23-20-17-14-11-8-2/h10,13,19,22,28,30,33-34,37-38,54,57,63-64H,7-9,11-12,14-18,20-21,23-27,29,31-32,35-36,39-53,55-56,58-62H2,1-6H3,(H-,67,69,71,72)/p+1/b13-10-,22-19-,30-28-,34-33-,38-37-,57-54+.